The molecule has 1 fully saturated rings. The molecule has 1 saturated carbocycles. The van der Waals surface area contributed by atoms with Gasteiger partial charge in [0, 0.05) is 12.0 Å². The molecule has 0 saturated heterocycles. The van der Waals surface area contributed by atoms with Crippen LogP contribution in [0.2, 0.25) is 0 Å². The van der Waals surface area contributed by atoms with Gasteiger partial charge in [-0.05, 0) is 37.3 Å². The molecule has 17 heavy (non-hydrogen) atoms. The molecule has 0 aromatic heterocycles. The second kappa shape index (κ2) is 4.45. The topological polar surface area (TPSA) is 12.0 Å². The van der Waals surface area contributed by atoms with Gasteiger partial charge in [-0.25, -0.2) is 0 Å². The van der Waals surface area contributed by atoms with Crippen LogP contribution in [0.1, 0.15) is 44.7 Å². The van der Waals surface area contributed by atoms with Gasteiger partial charge in [-0.2, -0.15) is 0 Å². The lowest BCUT2D eigenvalue weighted by Crippen LogP contribution is -2.52. The van der Waals surface area contributed by atoms with Crippen molar-refractivity contribution in [3.63, 3.8) is 0 Å². The maximum Gasteiger partial charge on any atom is 0.00880 e. The first-order valence-electron chi connectivity index (χ1n) is 6.75. The molecule has 0 bridgehead atoms. The predicted molar refractivity (Wildman–Crippen MR) is 74.4 cm³/mol. The highest BCUT2D eigenvalue weighted by Crippen LogP contribution is 2.55. The van der Waals surface area contributed by atoms with Crippen molar-refractivity contribution in [1.29, 1.82) is 0 Å². The van der Waals surface area contributed by atoms with Gasteiger partial charge in [0.25, 0.3) is 0 Å². The van der Waals surface area contributed by atoms with Gasteiger partial charge in [0.15, 0.2) is 0 Å². The number of aryl methyl sites for hydroxylation is 1. The molecule has 2 rings (SSSR count). The number of hydrogen-bond donors (Lipinski definition) is 1. The first-order chi connectivity index (χ1) is 7.97. The van der Waals surface area contributed by atoms with Crippen molar-refractivity contribution >= 4 is 0 Å². The molecule has 1 aliphatic carbocycles. The quantitative estimate of drug-likeness (QED) is 0.834. The zero-order chi connectivity index (χ0) is 12.5. The molecule has 0 spiro atoms. The van der Waals surface area contributed by atoms with E-state index in [0.717, 1.165) is 13.1 Å². The van der Waals surface area contributed by atoms with Crippen LogP contribution in [0.25, 0.3) is 0 Å². The molecule has 1 aliphatic rings. The van der Waals surface area contributed by atoms with Crippen LogP contribution in [0.5, 0.6) is 0 Å². The normalized spacial score (nSPS) is 20.9. The van der Waals surface area contributed by atoms with Crippen molar-refractivity contribution in [2.75, 3.05) is 13.1 Å². The summed E-state index contributed by atoms with van der Waals surface area (Å²) >= 11 is 0. The molecule has 0 radical (unpaired) electrons. The van der Waals surface area contributed by atoms with E-state index in [4.69, 9.17) is 0 Å². The minimum Gasteiger partial charge on any atom is -0.316 e. The van der Waals surface area contributed by atoms with Gasteiger partial charge < -0.3 is 5.32 Å². The highest BCUT2D eigenvalue weighted by Gasteiger charge is 2.49. The Hall–Kier alpha value is -0.820. The van der Waals surface area contributed by atoms with Crippen LogP contribution in [0, 0.1) is 12.3 Å². The van der Waals surface area contributed by atoms with Crippen LogP contribution in [0.3, 0.4) is 0 Å². The van der Waals surface area contributed by atoms with E-state index in [1.54, 1.807) is 0 Å². The van der Waals surface area contributed by atoms with E-state index in [0.29, 0.717) is 10.8 Å². The van der Waals surface area contributed by atoms with E-state index in [1.165, 1.54) is 24.0 Å². The Bertz CT molecular complexity index is 384. The second-order valence-electron chi connectivity index (χ2n) is 6.45. The molecule has 0 aliphatic heterocycles. The molecule has 0 unspecified atom stereocenters. The number of nitrogens with one attached hydrogen (secondary N) is 1. The summed E-state index contributed by atoms with van der Waals surface area (Å²) in [7, 11) is 0. The molecular weight excluding hydrogens is 206 g/mol. The van der Waals surface area contributed by atoms with E-state index >= 15 is 0 Å². The van der Waals surface area contributed by atoms with Crippen molar-refractivity contribution in [1.82, 2.24) is 5.32 Å². The van der Waals surface area contributed by atoms with E-state index < -0.39 is 0 Å². The fourth-order valence-corrected chi connectivity index (χ4v) is 3.55. The number of likely N-dealkylation sites (N-methyl/N-ethyl adjacent to an activating group) is 1. The van der Waals surface area contributed by atoms with Gasteiger partial charge in [0.1, 0.15) is 0 Å². The molecule has 1 nitrogen and oxygen atoms in total. The van der Waals surface area contributed by atoms with E-state index in [9.17, 15) is 0 Å². The van der Waals surface area contributed by atoms with Crippen LogP contribution in [-0.4, -0.2) is 13.1 Å². The van der Waals surface area contributed by atoms with Crippen LogP contribution in [-0.2, 0) is 5.41 Å². The summed E-state index contributed by atoms with van der Waals surface area (Å²) in [4.78, 5) is 0. The van der Waals surface area contributed by atoms with Crippen LogP contribution >= 0.6 is 0 Å². The monoisotopic (exact) mass is 231 g/mol. The Balaban J connectivity index is 2.23. The van der Waals surface area contributed by atoms with E-state index in [-0.39, 0.29) is 0 Å². The van der Waals surface area contributed by atoms with Gasteiger partial charge in [-0.1, -0.05) is 50.6 Å². The molecule has 1 N–H and O–H groups in total. The molecule has 0 atom stereocenters. The van der Waals surface area contributed by atoms with Crippen molar-refractivity contribution in [3.8, 4) is 0 Å². The first kappa shape index (κ1) is 12.6. The second-order valence-corrected chi connectivity index (χ2v) is 6.45. The summed E-state index contributed by atoms with van der Waals surface area (Å²) in [6.45, 7) is 11.3. The van der Waals surface area contributed by atoms with Gasteiger partial charge in [-0.15, -0.1) is 0 Å². The van der Waals surface area contributed by atoms with Gasteiger partial charge in [-0.3, -0.25) is 0 Å². The average molecular weight is 231 g/mol. The molecule has 0 heterocycles. The number of hydrogen-bond acceptors (Lipinski definition) is 1. The SMILES string of the molecule is CCNCC1(c2cccc(C)c2)CC(C)(C)C1. The zero-order valence-corrected chi connectivity index (χ0v) is 11.6. The Kier molecular flexibility index (Phi) is 3.31. The summed E-state index contributed by atoms with van der Waals surface area (Å²) in [5.41, 5.74) is 3.80. The Morgan fingerprint density at radius 3 is 2.47 bits per heavy atom. The minimum atomic E-state index is 0.380. The minimum absolute atomic E-state index is 0.380. The van der Waals surface area contributed by atoms with Crippen LogP contribution < -0.4 is 5.32 Å². The Labute approximate surface area is 106 Å². The van der Waals surface area contributed by atoms with Crippen molar-refractivity contribution in [2.24, 2.45) is 5.41 Å². The third-order valence-corrected chi connectivity index (χ3v) is 3.98. The molecule has 1 aromatic carbocycles. The summed E-state index contributed by atoms with van der Waals surface area (Å²) in [5, 5.41) is 3.55. The van der Waals surface area contributed by atoms with Gasteiger partial charge in [0.2, 0.25) is 0 Å². The smallest absolute Gasteiger partial charge is 0.00880 e. The summed E-state index contributed by atoms with van der Waals surface area (Å²) < 4.78 is 0. The molecule has 1 heteroatoms. The average Bonchev–Trinajstić information content (AvgIpc) is 2.23. The summed E-state index contributed by atoms with van der Waals surface area (Å²) in [6.07, 6.45) is 2.60. The lowest BCUT2D eigenvalue weighted by molar-refractivity contribution is 0.0567. The summed E-state index contributed by atoms with van der Waals surface area (Å²) in [6, 6.07) is 9.06. The van der Waals surface area contributed by atoms with Gasteiger partial charge in [0.05, 0.1) is 0 Å². The van der Waals surface area contributed by atoms with Crippen molar-refractivity contribution in [2.45, 2.75) is 46.0 Å². The van der Waals surface area contributed by atoms with Crippen molar-refractivity contribution < 1.29 is 0 Å². The largest absolute Gasteiger partial charge is 0.316 e. The highest BCUT2D eigenvalue weighted by atomic mass is 14.9. The van der Waals surface area contributed by atoms with Crippen molar-refractivity contribution in [3.05, 3.63) is 35.4 Å². The third-order valence-electron chi connectivity index (χ3n) is 3.98. The number of rotatable bonds is 4. The van der Waals surface area contributed by atoms with E-state index in [1.807, 2.05) is 0 Å². The Morgan fingerprint density at radius 2 is 1.94 bits per heavy atom. The zero-order valence-electron chi connectivity index (χ0n) is 11.6. The standard InChI is InChI=1S/C16H25N/c1-5-17-12-16(10-15(3,4)11-16)14-8-6-7-13(2)9-14/h6-9,17H,5,10-12H2,1-4H3. The molecule has 94 valence electrons. The van der Waals surface area contributed by atoms with Crippen LogP contribution in [0.15, 0.2) is 24.3 Å². The van der Waals surface area contributed by atoms with Crippen LogP contribution in [0.4, 0.5) is 0 Å². The highest BCUT2D eigenvalue weighted by molar-refractivity contribution is 5.34. The van der Waals surface area contributed by atoms with Gasteiger partial charge >= 0.3 is 0 Å². The molecule has 1 aromatic rings. The predicted octanol–water partition coefficient (Wildman–Crippen LogP) is 3.66. The summed E-state index contributed by atoms with van der Waals surface area (Å²) in [5.74, 6) is 0. The fourth-order valence-electron chi connectivity index (χ4n) is 3.55. The fraction of sp³-hybridized carbons (Fsp3) is 0.625. The lowest BCUT2D eigenvalue weighted by atomic mass is 9.52. The molecule has 0 amide bonds. The maximum atomic E-state index is 3.55. The third kappa shape index (κ3) is 2.55. The first-order valence-corrected chi connectivity index (χ1v) is 6.75. The molecular formula is C16H25N. The lowest BCUT2D eigenvalue weighted by Gasteiger charge is -2.54. The Morgan fingerprint density at radius 1 is 1.24 bits per heavy atom. The van der Waals surface area contributed by atoms with E-state index in [2.05, 4.69) is 57.3 Å². The number of benzene rings is 1. The maximum absolute atomic E-state index is 3.55.